The Balaban J connectivity index is 2.44. The van der Waals surface area contributed by atoms with Crippen LogP contribution in [-0.2, 0) is 0 Å². The zero-order valence-electron chi connectivity index (χ0n) is 12.2. The summed E-state index contributed by atoms with van der Waals surface area (Å²) in [5, 5.41) is 2.96. The van der Waals surface area contributed by atoms with Crippen molar-refractivity contribution in [2.75, 3.05) is 5.32 Å². The predicted molar refractivity (Wildman–Crippen MR) is 77.6 cm³/mol. The lowest BCUT2D eigenvalue weighted by Crippen LogP contribution is -2.17. The molecule has 0 saturated carbocycles. The Morgan fingerprint density at radius 1 is 1.11 bits per heavy atom. The van der Waals surface area contributed by atoms with E-state index in [0.717, 1.165) is 12.8 Å². The van der Waals surface area contributed by atoms with E-state index in [4.69, 9.17) is 0 Å². The van der Waals surface area contributed by atoms with E-state index >= 15 is 0 Å². The summed E-state index contributed by atoms with van der Waals surface area (Å²) in [6, 6.07) is 2.87. The van der Waals surface area contributed by atoms with Crippen molar-refractivity contribution >= 4 is 5.69 Å². The van der Waals surface area contributed by atoms with Crippen LogP contribution in [0.3, 0.4) is 0 Å². The highest BCUT2D eigenvalue weighted by atomic mass is 19.1. The van der Waals surface area contributed by atoms with Crippen molar-refractivity contribution in [1.82, 2.24) is 0 Å². The number of halogens is 2. The fourth-order valence-corrected chi connectivity index (χ4v) is 2.16. The minimum atomic E-state index is -0.513. The van der Waals surface area contributed by atoms with Gasteiger partial charge >= 0.3 is 0 Å². The van der Waals surface area contributed by atoms with Crippen LogP contribution in [-0.4, -0.2) is 6.04 Å². The molecule has 108 valence electrons. The van der Waals surface area contributed by atoms with Gasteiger partial charge in [-0.1, -0.05) is 45.1 Å². The zero-order valence-corrected chi connectivity index (χ0v) is 12.2. The summed E-state index contributed by atoms with van der Waals surface area (Å²) < 4.78 is 27.4. The minimum absolute atomic E-state index is 0.0149. The fraction of sp³-hybridized carbons (Fsp3) is 0.625. The molecule has 1 aromatic rings. The van der Waals surface area contributed by atoms with Crippen LogP contribution < -0.4 is 5.32 Å². The molecule has 1 N–H and O–H groups in total. The number of rotatable bonds is 8. The maximum atomic E-state index is 13.8. The van der Waals surface area contributed by atoms with Gasteiger partial charge in [0.25, 0.3) is 0 Å². The third-order valence-corrected chi connectivity index (χ3v) is 3.42. The average molecular weight is 269 g/mol. The summed E-state index contributed by atoms with van der Waals surface area (Å²) in [7, 11) is 0. The number of hydrogen-bond acceptors (Lipinski definition) is 1. The molecule has 0 aliphatic carbocycles. The molecule has 0 aliphatic rings. The van der Waals surface area contributed by atoms with Crippen molar-refractivity contribution in [1.29, 1.82) is 0 Å². The van der Waals surface area contributed by atoms with E-state index in [2.05, 4.69) is 12.2 Å². The van der Waals surface area contributed by atoms with Gasteiger partial charge in [-0.2, -0.15) is 0 Å². The molecule has 0 saturated heterocycles. The van der Waals surface area contributed by atoms with E-state index in [1.807, 2.05) is 6.92 Å². The van der Waals surface area contributed by atoms with Crippen LogP contribution in [0.1, 0.15) is 57.9 Å². The average Bonchev–Trinajstić information content (AvgIpc) is 2.39. The molecule has 1 atom stereocenters. The summed E-state index contributed by atoms with van der Waals surface area (Å²) >= 11 is 0. The Labute approximate surface area is 115 Å². The predicted octanol–water partition coefficient (Wildman–Crippen LogP) is 5.43. The molecule has 19 heavy (non-hydrogen) atoms. The highest BCUT2D eigenvalue weighted by Crippen LogP contribution is 2.23. The van der Waals surface area contributed by atoms with Crippen LogP contribution in [0, 0.1) is 18.6 Å². The number of benzene rings is 1. The van der Waals surface area contributed by atoms with Crippen LogP contribution in [0.2, 0.25) is 0 Å². The van der Waals surface area contributed by atoms with Gasteiger partial charge in [-0.3, -0.25) is 0 Å². The molecule has 0 spiro atoms. The van der Waals surface area contributed by atoms with Gasteiger partial charge in [0.2, 0.25) is 0 Å². The van der Waals surface area contributed by atoms with Crippen molar-refractivity contribution in [3.63, 3.8) is 0 Å². The molecule has 0 amide bonds. The lowest BCUT2D eigenvalue weighted by molar-refractivity contribution is 0.557. The molecule has 3 heteroatoms. The third kappa shape index (κ3) is 5.17. The second kappa shape index (κ2) is 8.13. The van der Waals surface area contributed by atoms with Gasteiger partial charge in [0.1, 0.15) is 11.5 Å². The van der Waals surface area contributed by atoms with Gasteiger partial charge in [0, 0.05) is 6.04 Å². The number of aryl methyl sites for hydroxylation is 1. The molecule has 0 aromatic heterocycles. The van der Waals surface area contributed by atoms with Crippen LogP contribution >= 0.6 is 0 Å². The lowest BCUT2D eigenvalue weighted by atomic mass is 10.1. The maximum Gasteiger partial charge on any atom is 0.152 e. The molecular weight excluding hydrogens is 244 g/mol. The zero-order chi connectivity index (χ0) is 14.3. The summed E-state index contributed by atoms with van der Waals surface area (Å²) in [5.74, 6) is -0.987. The highest BCUT2D eigenvalue weighted by molar-refractivity contribution is 5.49. The van der Waals surface area contributed by atoms with Crippen molar-refractivity contribution < 1.29 is 8.78 Å². The Kier molecular flexibility index (Phi) is 6.82. The maximum absolute atomic E-state index is 13.8. The third-order valence-electron chi connectivity index (χ3n) is 3.42. The fourth-order valence-electron chi connectivity index (χ4n) is 2.16. The first-order valence-corrected chi connectivity index (χ1v) is 7.27. The van der Waals surface area contributed by atoms with Crippen molar-refractivity contribution in [2.45, 2.75) is 65.3 Å². The first-order chi connectivity index (χ1) is 9.06. The highest BCUT2D eigenvalue weighted by Gasteiger charge is 2.13. The van der Waals surface area contributed by atoms with E-state index < -0.39 is 11.6 Å². The molecule has 0 heterocycles. The van der Waals surface area contributed by atoms with Crippen LogP contribution in [0.4, 0.5) is 14.5 Å². The number of nitrogens with one attached hydrogen (secondary N) is 1. The normalized spacial score (nSPS) is 12.5. The van der Waals surface area contributed by atoms with Gasteiger partial charge in [-0.05, 0) is 31.9 Å². The number of unbranched alkanes of at least 4 members (excludes halogenated alkanes) is 4. The molecule has 0 bridgehead atoms. The Bertz CT molecular complexity index is 391. The van der Waals surface area contributed by atoms with Crippen molar-refractivity contribution in [3.8, 4) is 0 Å². The van der Waals surface area contributed by atoms with E-state index in [-0.39, 0.29) is 11.7 Å². The monoisotopic (exact) mass is 269 g/mol. The van der Waals surface area contributed by atoms with Gasteiger partial charge in [0.15, 0.2) is 5.82 Å². The lowest BCUT2D eigenvalue weighted by Gasteiger charge is -2.17. The Morgan fingerprint density at radius 3 is 2.47 bits per heavy atom. The van der Waals surface area contributed by atoms with Gasteiger partial charge in [-0.25, -0.2) is 8.78 Å². The van der Waals surface area contributed by atoms with Crippen LogP contribution in [0.5, 0.6) is 0 Å². The molecule has 1 unspecified atom stereocenters. The van der Waals surface area contributed by atoms with E-state index in [0.29, 0.717) is 5.56 Å². The Morgan fingerprint density at radius 2 is 1.79 bits per heavy atom. The summed E-state index contributed by atoms with van der Waals surface area (Å²) in [4.78, 5) is 0. The number of anilines is 1. The van der Waals surface area contributed by atoms with Crippen LogP contribution in [0.25, 0.3) is 0 Å². The first kappa shape index (κ1) is 15.9. The van der Waals surface area contributed by atoms with Gasteiger partial charge in [0.05, 0.1) is 0 Å². The summed E-state index contributed by atoms with van der Waals surface area (Å²) in [6.07, 6.45) is 6.98. The van der Waals surface area contributed by atoms with E-state index in [1.165, 1.54) is 37.8 Å². The summed E-state index contributed by atoms with van der Waals surface area (Å²) in [6.45, 7) is 5.81. The molecular formula is C16H25F2N. The van der Waals surface area contributed by atoms with E-state index in [1.54, 1.807) is 6.92 Å². The minimum Gasteiger partial charge on any atom is -0.378 e. The molecule has 1 rings (SSSR count). The molecule has 0 radical (unpaired) electrons. The quantitative estimate of drug-likeness (QED) is 0.620. The van der Waals surface area contributed by atoms with Gasteiger partial charge in [-0.15, -0.1) is 0 Å². The van der Waals surface area contributed by atoms with Crippen LogP contribution in [0.15, 0.2) is 12.1 Å². The number of hydrogen-bond donors (Lipinski definition) is 1. The largest absolute Gasteiger partial charge is 0.378 e. The van der Waals surface area contributed by atoms with E-state index in [9.17, 15) is 8.78 Å². The molecule has 0 fully saturated rings. The standard InChI is InChI=1S/C16H25F2N/c1-4-5-6-7-8-9-13(3)19-16-14(17)11-10-12(2)15(16)18/h10-11,13,19H,4-9H2,1-3H3. The second-order valence-corrected chi connectivity index (χ2v) is 5.30. The second-order valence-electron chi connectivity index (χ2n) is 5.30. The Hall–Kier alpha value is -1.12. The molecule has 1 aromatic carbocycles. The first-order valence-electron chi connectivity index (χ1n) is 7.27. The topological polar surface area (TPSA) is 12.0 Å². The SMILES string of the molecule is CCCCCCCC(C)Nc1c(F)ccc(C)c1F. The molecule has 0 aliphatic heterocycles. The molecule has 1 nitrogen and oxygen atoms in total. The smallest absolute Gasteiger partial charge is 0.152 e. The van der Waals surface area contributed by atoms with Gasteiger partial charge < -0.3 is 5.32 Å². The van der Waals surface area contributed by atoms with Crippen molar-refractivity contribution in [2.24, 2.45) is 0 Å². The summed E-state index contributed by atoms with van der Waals surface area (Å²) in [5.41, 5.74) is 0.486. The van der Waals surface area contributed by atoms with Crippen molar-refractivity contribution in [3.05, 3.63) is 29.3 Å².